The fraction of sp³-hybridized carbons (Fsp3) is 0.133. The van der Waals surface area contributed by atoms with Gasteiger partial charge in [0, 0.05) is 5.56 Å². The Balaban J connectivity index is 0.000000574. The summed E-state index contributed by atoms with van der Waals surface area (Å²) in [6, 6.07) is 14.9. The van der Waals surface area contributed by atoms with Gasteiger partial charge >= 0.3 is 0 Å². The lowest BCUT2D eigenvalue weighted by atomic mass is 10.2. The lowest BCUT2D eigenvalue weighted by Gasteiger charge is -1.96. The van der Waals surface area contributed by atoms with Crippen LogP contribution in [0.4, 0.5) is 0 Å². The lowest BCUT2D eigenvalue weighted by molar-refractivity contribution is 0.475. The van der Waals surface area contributed by atoms with Gasteiger partial charge in [-0.15, -0.1) is 0 Å². The molecular weight excluding hydrogens is 224 g/mol. The molecule has 0 radical (unpaired) electrons. The van der Waals surface area contributed by atoms with Gasteiger partial charge in [0.15, 0.2) is 0 Å². The van der Waals surface area contributed by atoms with Crippen molar-refractivity contribution < 1.29 is 5.11 Å². The highest BCUT2D eigenvalue weighted by Crippen LogP contribution is 2.22. The van der Waals surface area contributed by atoms with E-state index in [0.717, 1.165) is 22.4 Å². The Bertz CT molecular complexity index is 611. The Morgan fingerprint density at radius 2 is 1.78 bits per heavy atom. The van der Waals surface area contributed by atoms with Gasteiger partial charge in [-0.25, -0.2) is 4.98 Å². The molecule has 0 fully saturated rings. The SMILES string of the molecule is CC.Oc1cccc(-c2nc3ccccc3[nH]2)c1. The number of fused-ring (bicyclic) bond motifs is 1. The average Bonchev–Trinajstić information content (AvgIpc) is 2.85. The molecule has 2 aromatic carbocycles. The van der Waals surface area contributed by atoms with Crippen LogP contribution in [0.15, 0.2) is 48.5 Å². The van der Waals surface area contributed by atoms with Crippen molar-refractivity contribution in [2.24, 2.45) is 0 Å². The van der Waals surface area contributed by atoms with Crippen LogP contribution < -0.4 is 0 Å². The third kappa shape index (κ3) is 2.35. The minimum absolute atomic E-state index is 0.248. The van der Waals surface area contributed by atoms with Gasteiger partial charge in [0.05, 0.1) is 11.0 Å². The van der Waals surface area contributed by atoms with Crippen molar-refractivity contribution >= 4 is 11.0 Å². The minimum Gasteiger partial charge on any atom is -0.508 e. The molecule has 0 spiro atoms. The van der Waals surface area contributed by atoms with Crippen LogP contribution in [0, 0.1) is 0 Å². The molecular formula is C15H16N2O. The van der Waals surface area contributed by atoms with Crippen LogP contribution in [0.1, 0.15) is 13.8 Å². The largest absolute Gasteiger partial charge is 0.508 e. The van der Waals surface area contributed by atoms with Crippen molar-refractivity contribution in [2.75, 3.05) is 0 Å². The Morgan fingerprint density at radius 3 is 2.50 bits per heavy atom. The molecule has 0 saturated carbocycles. The maximum atomic E-state index is 9.41. The highest BCUT2D eigenvalue weighted by molar-refractivity contribution is 5.79. The lowest BCUT2D eigenvalue weighted by Crippen LogP contribution is -1.78. The van der Waals surface area contributed by atoms with E-state index >= 15 is 0 Å². The van der Waals surface area contributed by atoms with Crippen molar-refractivity contribution in [2.45, 2.75) is 13.8 Å². The van der Waals surface area contributed by atoms with Gasteiger partial charge in [0.1, 0.15) is 11.6 Å². The van der Waals surface area contributed by atoms with E-state index < -0.39 is 0 Å². The predicted octanol–water partition coefficient (Wildman–Crippen LogP) is 3.96. The van der Waals surface area contributed by atoms with Crippen LogP contribution in [0.25, 0.3) is 22.4 Å². The summed E-state index contributed by atoms with van der Waals surface area (Å²) >= 11 is 0. The van der Waals surface area contributed by atoms with Crippen LogP contribution in [-0.2, 0) is 0 Å². The van der Waals surface area contributed by atoms with Crippen molar-refractivity contribution in [1.82, 2.24) is 9.97 Å². The first kappa shape index (κ1) is 12.2. The van der Waals surface area contributed by atoms with Crippen LogP contribution >= 0.6 is 0 Å². The maximum absolute atomic E-state index is 9.41. The van der Waals surface area contributed by atoms with E-state index in [9.17, 15) is 5.11 Å². The Morgan fingerprint density at radius 1 is 1.00 bits per heavy atom. The van der Waals surface area contributed by atoms with E-state index in [4.69, 9.17) is 0 Å². The quantitative estimate of drug-likeness (QED) is 0.676. The number of phenolic OH excluding ortho intramolecular Hbond substituents is 1. The van der Waals surface area contributed by atoms with Gasteiger partial charge in [-0.2, -0.15) is 0 Å². The number of benzene rings is 2. The molecule has 0 atom stereocenters. The Kier molecular flexibility index (Phi) is 3.63. The van der Waals surface area contributed by atoms with E-state index in [1.54, 1.807) is 18.2 Å². The van der Waals surface area contributed by atoms with Crippen LogP contribution in [0.3, 0.4) is 0 Å². The second-order valence-electron chi connectivity index (χ2n) is 3.65. The minimum atomic E-state index is 0.248. The number of para-hydroxylation sites is 2. The van der Waals surface area contributed by atoms with Gasteiger partial charge in [0.25, 0.3) is 0 Å². The van der Waals surface area contributed by atoms with Crippen molar-refractivity contribution in [3.8, 4) is 17.1 Å². The zero-order valence-electron chi connectivity index (χ0n) is 10.5. The molecule has 3 rings (SSSR count). The van der Waals surface area contributed by atoms with Crippen LogP contribution in [-0.4, -0.2) is 15.1 Å². The standard InChI is InChI=1S/C13H10N2O.C2H6/c16-10-5-3-4-9(8-10)13-14-11-6-1-2-7-12(11)15-13;1-2/h1-8,16H,(H,14,15);1-2H3. The van der Waals surface area contributed by atoms with Gasteiger partial charge < -0.3 is 10.1 Å². The number of aromatic amines is 1. The van der Waals surface area contributed by atoms with Gasteiger partial charge in [-0.05, 0) is 24.3 Å². The maximum Gasteiger partial charge on any atom is 0.138 e. The van der Waals surface area contributed by atoms with Gasteiger partial charge in [-0.3, -0.25) is 0 Å². The summed E-state index contributed by atoms with van der Waals surface area (Å²) in [6.45, 7) is 4.00. The number of phenols is 1. The monoisotopic (exact) mass is 240 g/mol. The summed E-state index contributed by atoms with van der Waals surface area (Å²) in [5.74, 6) is 1.02. The summed E-state index contributed by atoms with van der Waals surface area (Å²) in [6.07, 6.45) is 0. The Labute approximate surface area is 106 Å². The van der Waals surface area contributed by atoms with Crippen LogP contribution in [0.5, 0.6) is 5.75 Å². The van der Waals surface area contributed by atoms with Crippen molar-refractivity contribution in [3.05, 3.63) is 48.5 Å². The van der Waals surface area contributed by atoms with E-state index in [1.165, 1.54) is 0 Å². The molecule has 0 aliphatic rings. The molecule has 0 bridgehead atoms. The van der Waals surface area contributed by atoms with E-state index in [-0.39, 0.29) is 5.75 Å². The molecule has 3 aromatic rings. The van der Waals surface area contributed by atoms with Gasteiger partial charge in [0.2, 0.25) is 0 Å². The summed E-state index contributed by atoms with van der Waals surface area (Å²) in [5.41, 5.74) is 2.82. The highest BCUT2D eigenvalue weighted by atomic mass is 16.3. The molecule has 1 aromatic heterocycles. The van der Waals surface area contributed by atoms with E-state index in [0.29, 0.717) is 0 Å². The third-order valence-electron chi connectivity index (χ3n) is 2.51. The molecule has 2 N–H and O–H groups in total. The molecule has 18 heavy (non-hydrogen) atoms. The molecule has 0 aliphatic heterocycles. The number of H-pyrrole nitrogens is 1. The number of aromatic nitrogens is 2. The fourth-order valence-electron chi connectivity index (χ4n) is 1.74. The average molecular weight is 240 g/mol. The normalized spacial score (nSPS) is 9.89. The van der Waals surface area contributed by atoms with Crippen LogP contribution in [0.2, 0.25) is 0 Å². The summed E-state index contributed by atoms with van der Waals surface area (Å²) in [7, 11) is 0. The molecule has 92 valence electrons. The van der Waals surface area contributed by atoms with E-state index in [2.05, 4.69) is 9.97 Å². The number of aromatic hydroxyl groups is 1. The molecule has 0 amide bonds. The van der Waals surface area contributed by atoms with Gasteiger partial charge in [-0.1, -0.05) is 38.1 Å². The molecule has 0 unspecified atom stereocenters. The van der Waals surface area contributed by atoms with Crippen molar-refractivity contribution in [1.29, 1.82) is 0 Å². The summed E-state index contributed by atoms with van der Waals surface area (Å²) in [5, 5.41) is 9.41. The zero-order valence-corrected chi connectivity index (χ0v) is 10.5. The first-order valence-electron chi connectivity index (χ1n) is 6.07. The van der Waals surface area contributed by atoms with Crippen molar-refractivity contribution in [3.63, 3.8) is 0 Å². The summed E-state index contributed by atoms with van der Waals surface area (Å²) in [4.78, 5) is 7.67. The molecule has 3 heteroatoms. The topological polar surface area (TPSA) is 48.9 Å². The zero-order chi connectivity index (χ0) is 13.0. The molecule has 3 nitrogen and oxygen atoms in total. The predicted molar refractivity (Wildman–Crippen MR) is 74.5 cm³/mol. The second kappa shape index (κ2) is 5.36. The third-order valence-corrected chi connectivity index (χ3v) is 2.51. The van der Waals surface area contributed by atoms with E-state index in [1.807, 2.05) is 44.2 Å². The smallest absolute Gasteiger partial charge is 0.138 e. The Hall–Kier alpha value is -2.29. The second-order valence-corrected chi connectivity index (χ2v) is 3.65. The number of imidazole rings is 1. The molecule has 0 aliphatic carbocycles. The highest BCUT2D eigenvalue weighted by Gasteiger charge is 2.04. The number of nitrogens with one attached hydrogen (secondary N) is 1. The number of hydrogen-bond acceptors (Lipinski definition) is 2. The summed E-state index contributed by atoms with van der Waals surface area (Å²) < 4.78 is 0. The molecule has 0 saturated heterocycles. The number of hydrogen-bond donors (Lipinski definition) is 2. The first-order valence-corrected chi connectivity index (χ1v) is 6.07. The first-order chi connectivity index (χ1) is 8.83. The number of rotatable bonds is 1. The number of nitrogens with zero attached hydrogens (tertiary/aromatic N) is 1. The molecule has 1 heterocycles. The fourth-order valence-corrected chi connectivity index (χ4v) is 1.74.